The van der Waals surface area contributed by atoms with Crippen LogP contribution in [0.3, 0.4) is 0 Å². The molecule has 6 heteroatoms. The van der Waals surface area contributed by atoms with Gasteiger partial charge >= 0.3 is 0 Å². The van der Waals surface area contributed by atoms with E-state index in [0.717, 1.165) is 55.1 Å². The minimum Gasteiger partial charge on any atom is -0.497 e. The van der Waals surface area contributed by atoms with E-state index in [0.29, 0.717) is 12.1 Å². The predicted molar refractivity (Wildman–Crippen MR) is 103 cm³/mol. The largest absolute Gasteiger partial charge is 0.497 e. The maximum Gasteiger partial charge on any atom is 0.280 e. The number of rotatable bonds is 7. The second kappa shape index (κ2) is 8.36. The summed E-state index contributed by atoms with van der Waals surface area (Å²) in [6.07, 6.45) is 4.08. The summed E-state index contributed by atoms with van der Waals surface area (Å²) in [7, 11) is 1.63. The van der Waals surface area contributed by atoms with Gasteiger partial charge in [-0.05, 0) is 50.5 Å². The lowest BCUT2D eigenvalue weighted by Gasteiger charge is -2.06. The molecule has 0 amide bonds. The first-order chi connectivity index (χ1) is 12.6. The van der Waals surface area contributed by atoms with E-state index in [4.69, 9.17) is 9.47 Å². The van der Waals surface area contributed by atoms with Gasteiger partial charge in [0.15, 0.2) is 0 Å². The molecule has 1 atom stereocenters. The molecule has 0 aliphatic carbocycles. The quantitative estimate of drug-likeness (QED) is 0.774. The third kappa shape index (κ3) is 3.90. The van der Waals surface area contributed by atoms with Crippen LogP contribution in [0, 0.1) is 0 Å². The molecule has 1 aromatic carbocycles. The summed E-state index contributed by atoms with van der Waals surface area (Å²) in [5.41, 5.74) is 3.11. The highest BCUT2D eigenvalue weighted by molar-refractivity contribution is 5.99. The molecule has 3 rings (SSSR count). The molecule has 0 bridgehead atoms. The fourth-order valence-electron chi connectivity index (χ4n) is 3.31. The van der Waals surface area contributed by atoms with E-state index >= 15 is 0 Å². The van der Waals surface area contributed by atoms with Crippen LogP contribution in [0.25, 0.3) is 5.69 Å². The monoisotopic (exact) mass is 357 g/mol. The minimum atomic E-state index is -0.0628. The van der Waals surface area contributed by atoms with Gasteiger partial charge in [0.1, 0.15) is 5.75 Å². The fourth-order valence-corrected chi connectivity index (χ4v) is 3.31. The third-order valence-corrected chi connectivity index (χ3v) is 4.71. The Morgan fingerprint density at radius 3 is 2.77 bits per heavy atom. The molecule has 2 heterocycles. The van der Waals surface area contributed by atoms with Crippen LogP contribution in [0.4, 0.5) is 0 Å². The zero-order valence-electron chi connectivity index (χ0n) is 15.7. The summed E-state index contributed by atoms with van der Waals surface area (Å²) in [5.74, 6) is 0.761. The van der Waals surface area contributed by atoms with Crippen LogP contribution >= 0.6 is 0 Å². The van der Waals surface area contributed by atoms with Crippen LogP contribution in [0.5, 0.6) is 5.75 Å². The van der Waals surface area contributed by atoms with E-state index in [1.165, 1.54) is 0 Å². The molecule has 1 aromatic heterocycles. The van der Waals surface area contributed by atoms with E-state index in [1.807, 2.05) is 31.2 Å². The van der Waals surface area contributed by atoms with Crippen molar-refractivity contribution in [3.8, 4) is 11.4 Å². The number of hydrogen-bond acceptors (Lipinski definition) is 4. The number of aromatic amines is 1. The summed E-state index contributed by atoms with van der Waals surface area (Å²) in [5, 5.41) is 3.26. The van der Waals surface area contributed by atoms with Gasteiger partial charge < -0.3 is 9.47 Å². The van der Waals surface area contributed by atoms with Crippen molar-refractivity contribution in [2.24, 2.45) is 4.99 Å². The SMILES string of the molecule is CCCc1[nH]n(-c2ccc(OC)cc2)c(=O)c1C(C)=NCC1CCCO1. The molecule has 0 spiro atoms. The molecule has 1 saturated heterocycles. The molecular weight excluding hydrogens is 330 g/mol. The molecular formula is C20H27N3O3. The first kappa shape index (κ1) is 18.5. The molecule has 0 saturated carbocycles. The van der Waals surface area contributed by atoms with E-state index in [-0.39, 0.29) is 11.7 Å². The van der Waals surface area contributed by atoms with Gasteiger partial charge in [0.05, 0.1) is 31.0 Å². The Hall–Kier alpha value is -2.34. The number of methoxy groups -OCH3 is 1. The number of nitrogens with one attached hydrogen (secondary N) is 1. The van der Waals surface area contributed by atoms with Gasteiger partial charge in [-0.3, -0.25) is 14.9 Å². The molecule has 1 fully saturated rings. The van der Waals surface area contributed by atoms with Gasteiger partial charge in [0, 0.05) is 18.0 Å². The molecule has 26 heavy (non-hydrogen) atoms. The number of aromatic nitrogens is 2. The molecule has 1 unspecified atom stereocenters. The van der Waals surface area contributed by atoms with Gasteiger partial charge in [-0.25, -0.2) is 4.68 Å². The third-order valence-electron chi connectivity index (χ3n) is 4.71. The first-order valence-corrected chi connectivity index (χ1v) is 9.25. The number of H-pyrrole nitrogens is 1. The van der Waals surface area contributed by atoms with Crippen molar-refractivity contribution in [1.82, 2.24) is 9.78 Å². The van der Waals surface area contributed by atoms with Gasteiger partial charge in [0.25, 0.3) is 5.56 Å². The van der Waals surface area contributed by atoms with Crippen molar-refractivity contribution in [3.05, 3.63) is 45.9 Å². The molecule has 1 aliphatic heterocycles. The van der Waals surface area contributed by atoms with E-state index < -0.39 is 0 Å². The Kier molecular flexibility index (Phi) is 5.93. The fraction of sp³-hybridized carbons (Fsp3) is 0.500. The Morgan fingerprint density at radius 1 is 1.38 bits per heavy atom. The second-order valence-electron chi connectivity index (χ2n) is 6.62. The summed E-state index contributed by atoms with van der Waals surface area (Å²) >= 11 is 0. The van der Waals surface area contributed by atoms with Gasteiger partial charge in [0.2, 0.25) is 0 Å². The average molecular weight is 357 g/mol. The molecule has 1 N–H and O–H groups in total. The van der Waals surface area contributed by atoms with Gasteiger partial charge in [-0.15, -0.1) is 0 Å². The lowest BCUT2D eigenvalue weighted by atomic mass is 10.1. The summed E-state index contributed by atoms with van der Waals surface area (Å²) in [6, 6.07) is 7.44. The van der Waals surface area contributed by atoms with Crippen LogP contribution < -0.4 is 10.3 Å². The molecule has 2 aromatic rings. The van der Waals surface area contributed by atoms with Crippen LogP contribution in [0.15, 0.2) is 34.1 Å². The Labute approximate surface area is 153 Å². The molecule has 1 aliphatic rings. The first-order valence-electron chi connectivity index (χ1n) is 9.25. The Balaban J connectivity index is 1.93. The molecule has 140 valence electrons. The number of hydrogen-bond donors (Lipinski definition) is 1. The van der Waals surface area contributed by atoms with E-state index in [1.54, 1.807) is 11.8 Å². The zero-order chi connectivity index (χ0) is 18.5. The number of benzene rings is 1. The Morgan fingerprint density at radius 2 is 2.15 bits per heavy atom. The van der Waals surface area contributed by atoms with Crippen molar-refractivity contribution in [2.45, 2.75) is 45.6 Å². The number of nitrogens with zero attached hydrogens (tertiary/aromatic N) is 2. The van der Waals surface area contributed by atoms with Crippen LogP contribution in [0.1, 0.15) is 44.4 Å². The highest BCUT2D eigenvalue weighted by Gasteiger charge is 2.19. The van der Waals surface area contributed by atoms with Crippen molar-refractivity contribution in [3.63, 3.8) is 0 Å². The highest BCUT2D eigenvalue weighted by Crippen LogP contribution is 2.16. The maximum absolute atomic E-state index is 13.0. The van der Waals surface area contributed by atoms with Gasteiger partial charge in [-0.1, -0.05) is 13.3 Å². The highest BCUT2D eigenvalue weighted by atomic mass is 16.5. The van der Waals surface area contributed by atoms with Crippen LogP contribution in [0.2, 0.25) is 0 Å². The predicted octanol–water partition coefficient (Wildman–Crippen LogP) is 3.11. The lowest BCUT2D eigenvalue weighted by Crippen LogP contribution is -2.20. The smallest absolute Gasteiger partial charge is 0.280 e. The second-order valence-corrected chi connectivity index (χ2v) is 6.62. The van der Waals surface area contributed by atoms with Crippen molar-refractivity contribution in [2.75, 3.05) is 20.3 Å². The Bertz CT molecular complexity index is 812. The normalized spacial score (nSPS) is 17.7. The standard InChI is InChI=1S/C20H27N3O3/c1-4-6-18-19(14(2)21-13-17-7-5-12-26-17)20(24)23(22-18)15-8-10-16(25-3)11-9-15/h8-11,17,22H,4-7,12-13H2,1-3H3. The molecule has 6 nitrogen and oxygen atoms in total. The number of ether oxygens (including phenoxy) is 2. The van der Waals surface area contributed by atoms with Crippen LogP contribution in [-0.2, 0) is 11.2 Å². The van der Waals surface area contributed by atoms with Crippen molar-refractivity contribution < 1.29 is 9.47 Å². The zero-order valence-corrected chi connectivity index (χ0v) is 15.7. The minimum absolute atomic E-state index is 0.0628. The van der Waals surface area contributed by atoms with E-state index in [2.05, 4.69) is 17.0 Å². The summed E-state index contributed by atoms with van der Waals surface area (Å²) < 4.78 is 12.4. The van der Waals surface area contributed by atoms with Crippen molar-refractivity contribution in [1.29, 1.82) is 0 Å². The average Bonchev–Trinajstić information content (AvgIpc) is 3.28. The number of aryl methyl sites for hydroxylation is 1. The summed E-state index contributed by atoms with van der Waals surface area (Å²) in [6.45, 7) is 5.45. The summed E-state index contributed by atoms with van der Waals surface area (Å²) in [4.78, 5) is 17.7. The number of aliphatic imine (C=N–C) groups is 1. The van der Waals surface area contributed by atoms with E-state index in [9.17, 15) is 4.79 Å². The van der Waals surface area contributed by atoms with Gasteiger partial charge in [-0.2, -0.15) is 0 Å². The maximum atomic E-state index is 13.0. The van der Waals surface area contributed by atoms with Crippen LogP contribution in [-0.4, -0.2) is 41.9 Å². The topological polar surface area (TPSA) is 68.6 Å². The molecule has 0 radical (unpaired) electrons. The lowest BCUT2D eigenvalue weighted by molar-refractivity contribution is 0.118. The van der Waals surface area contributed by atoms with Crippen molar-refractivity contribution >= 4 is 5.71 Å².